The predicted octanol–water partition coefficient (Wildman–Crippen LogP) is 3.81. The largest absolute Gasteiger partial charge is 0.430 e. The van der Waals surface area contributed by atoms with E-state index >= 15 is 0 Å². The van der Waals surface area contributed by atoms with Crippen LogP contribution in [0.1, 0.15) is 35.4 Å². The van der Waals surface area contributed by atoms with E-state index in [9.17, 15) is 23.1 Å². The van der Waals surface area contributed by atoms with Crippen molar-refractivity contribution in [3.8, 4) is 22.5 Å². The maximum atomic E-state index is 13.5. The standard InChI is InChI=1S/C23H21F3N4O2/c1-12-2-9-16(22(32,21(28)31)23(24,25)26)10-17(12)18-11-29-20(27)19(30-18)15-7-5-14(6-8-15)13-3-4-13/h2,5-11,13,32H,3-4H2,1H3,(H2,27,29)(H2,28,31). The molecule has 1 fully saturated rings. The second kappa shape index (κ2) is 7.59. The Bertz CT molecular complexity index is 1190. The number of anilines is 1. The SMILES string of the molecule is Cc1ccc(C(O)(C(N)=O)C(F)(F)F)cc1-c1cnc(N)c(-c2ccc(C3CC3)cc2)n1. The topological polar surface area (TPSA) is 115 Å². The first-order valence-corrected chi connectivity index (χ1v) is 9.95. The molecular weight excluding hydrogens is 421 g/mol. The van der Waals surface area contributed by atoms with Gasteiger partial charge >= 0.3 is 6.18 Å². The molecule has 1 amide bonds. The molecule has 9 heteroatoms. The number of benzene rings is 2. The second-order valence-corrected chi connectivity index (χ2v) is 7.99. The van der Waals surface area contributed by atoms with Gasteiger partial charge in [-0.2, -0.15) is 13.2 Å². The highest BCUT2D eigenvalue weighted by Crippen LogP contribution is 2.42. The van der Waals surface area contributed by atoms with Gasteiger partial charge < -0.3 is 16.6 Å². The van der Waals surface area contributed by atoms with Crippen LogP contribution in [0.2, 0.25) is 0 Å². The summed E-state index contributed by atoms with van der Waals surface area (Å²) in [6, 6.07) is 11.2. The second-order valence-electron chi connectivity index (χ2n) is 7.99. The van der Waals surface area contributed by atoms with E-state index in [-0.39, 0.29) is 17.1 Å². The van der Waals surface area contributed by atoms with Crippen LogP contribution in [0.15, 0.2) is 48.7 Å². The summed E-state index contributed by atoms with van der Waals surface area (Å²) in [6.07, 6.45) is -1.63. The Labute approximate surface area is 182 Å². The van der Waals surface area contributed by atoms with Gasteiger partial charge in [-0.15, -0.1) is 0 Å². The van der Waals surface area contributed by atoms with Gasteiger partial charge in [-0.1, -0.05) is 36.4 Å². The lowest BCUT2D eigenvalue weighted by molar-refractivity contribution is -0.255. The van der Waals surface area contributed by atoms with E-state index in [1.807, 2.05) is 24.3 Å². The number of nitrogens with zero attached hydrogens (tertiary/aromatic N) is 2. The van der Waals surface area contributed by atoms with Crippen molar-refractivity contribution in [2.75, 3.05) is 5.73 Å². The van der Waals surface area contributed by atoms with Crippen LogP contribution >= 0.6 is 0 Å². The molecular formula is C23H21F3N4O2. The Kier molecular flexibility index (Phi) is 5.16. The molecule has 4 rings (SSSR count). The number of primary amides is 1. The number of aliphatic hydroxyl groups is 1. The minimum Gasteiger partial charge on any atom is -0.382 e. The van der Waals surface area contributed by atoms with Gasteiger partial charge in [-0.25, -0.2) is 9.97 Å². The monoisotopic (exact) mass is 442 g/mol. The molecule has 2 aromatic carbocycles. The Balaban J connectivity index is 1.79. The van der Waals surface area contributed by atoms with Gasteiger partial charge in [0.2, 0.25) is 0 Å². The van der Waals surface area contributed by atoms with E-state index in [2.05, 4.69) is 9.97 Å². The fourth-order valence-corrected chi connectivity index (χ4v) is 3.64. The van der Waals surface area contributed by atoms with E-state index in [0.29, 0.717) is 17.2 Å². The van der Waals surface area contributed by atoms with E-state index in [0.717, 1.165) is 17.7 Å². The van der Waals surface area contributed by atoms with Crippen LogP contribution in [0.4, 0.5) is 19.0 Å². The fraction of sp³-hybridized carbons (Fsp3) is 0.261. The molecule has 0 radical (unpaired) electrons. The van der Waals surface area contributed by atoms with Gasteiger partial charge in [0.1, 0.15) is 11.5 Å². The van der Waals surface area contributed by atoms with Crippen molar-refractivity contribution >= 4 is 11.7 Å². The summed E-state index contributed by atoms with van der Waals surface area (Å²) < 4.78 is 40.5. The first kappa shape index (κ1) is 21.8. The molecule has 5 N–H and O–H groups in total. The Morgan fingerprint density at radius 2 is 1.78 bits per heavy atom. The first-order chi connectivity index (χ1) is 15.0. The summed E-state index contributed by atoms with van der Waals surface area (Å²) >= 11 is 0. The van der Waals surface area contributed by atoms with Gasteiger partial charge in [0.25, 0.3) is 11.5 Å². The number of hydrogen-bond acceptors (Lipinski definition) is 5. The Morgan fingerprint density at radius 1 is 1.12 bits per heavy atom. The minimum absolute atomic E-state index is 0.172. The number of aromatic nitrogens is 2. The number of aryl methyl sites for hydroxylation is 1. The molecule has 1 heterocycles. The number of halogens is 3. The molecule has 0 aliphatic heterocycles. The van der Waals surface area contributed by atoms with Crippen molar-refractivity contribution in [1.82, 2.24) is 9.97 Å². The number of amides is 1. The molecule has 1 aliphatic carbocycles. The number of carbonyl (C=O) groups is 1. The van der Waals surface area contributed by atoms with Crippen molar-refractivity contribution in [3.63, 3.8) is 0 Å². The summed E-state index contributed by atoms with van der Waals surface area (Å²) in [5, 5.41) is 10.2. The highest BCUT2D eigenvalue weighted by atomic mass is 19.4. The van der Waals surface area contributed by atoms with Crippen molar-refractivity contribution in [1.29, 1.82) is 0 Å². The summed E-state index contributed by atoms with van der Waals surface area (Å²) in [5.74, 6) is -1.16. The number of rotatable bonds is 5. The minimum atomic E-state index is -5.30. The molecule has 1 aliphatic rings. The van der Waals surface area contributed by atoms with Crippen molar-refractivity contribution < 1.29 is 23.1 Å². The number of nitrogens with two attached hydrogens (primary N) is 2. The summed E-state index contributed by atoms with van der Waals surface area (Å²) in [5.41, 5.74) is 9.81. The zero-order valence-corrected chi connectivity index (χ0v) is 17.1. The molecule has 0 bridgehead atoms. The average molecular weight is 442 g/mol. The Morgan fingerprint density at radius 3 is 2.34 bits per heavy atom. The van der Waals surface area contributed by atoms with E-state index in [1.165, 1.54) is 30.7 Å². The third kappa shape index (κ3) is 3.69. The lowest BCUT2D eigenvalue weighted by Crippen LogP contribution is -2.52. The lowest BCUT2D eigenvalue weighted by Gasteiger charge is -2.28. The fourth-order valence-electron chi connectivity index (χ4n) is 3.64. The van der Waals surface area contributed by atoms with Gasteiger partial charge in [-0.05, 0) is 42.9 Å². The van der Waals surface area contributed by atoms with Crippen LogP contribution in [0.3, 0.4) is 0 Å². The van der Waals surface area contributed by atoms with Gasteiger partial charge in [-0.3, -0.25) is 4.79 Å². The molecule has 166 valence electrons. The number of nitrogen functional groups attached to an aromatic ring is 1. The molecule has 1 saturated carbocycles. The smallest absolute Gasteiger partial charge is 0.382 e. The number of alkyl halides is 3. The highest BCUT2D eigenvalue weighted by Gasteiger charge is 2.60. The van der Waals surface area contributed by atoms with Gasteiger partial charge in [0.15, 0.2) is 0 Å². The molecule has 3 aromatic rings. The quantitative estimate of drug-likeness (QED) is 0.556. The molecule has 1 unspecified atom stereocenters. The zero-order valence-electron chi connectivity index (χ0n) is 17.1. The zero-order chi connectivity index (χ0) is 23.3. The van der Waals surface area contributed by atoms with E-state index in [1.54, 1.807) is 6.92 Å². The normalized spacial score (nSPS) is 15.9. The molecule has 1 atom stereocenters. The van der Waals surface area contributed by atoms with Gasteiger partial charge in [0.05, 0.1) is 11.9 Å². The van der Waals surface area contributed by atoms with Crippen LogP contribution < -0.4 is 11.5 Å². The number of hydrogen-bond donors (Lipinski definition) is 3. The third-order valence-electron chi connectivity index (χ3n) is 5.73. The number of carbonyl (C=O) groups excluding carboxylic acids is 1. The van der Waals surface area contributed by atoms with E-state index < -0.39 is 23.2 Å². The van der Waals surface area contributed by atoms with Gasteiger partial charge in [0, 0.05) is 16.7 Å². The summed E-state index contributed by atoms with van der Waals surface area (Å²) in [4.78, 5) is 20.3. The highest BCUT2D eigenvalue weighted by molar-refractivity contribution is 5.86. The first-order valence-electron chi connectivity index (χ1n) is 9.95. The van der Waals surface area contributed by atoms with Crippen LogP contribution in [0.25, 0.3) is 22.5 Å². The summed E-state index contributed by atoms with van der Waals surface area (Å²) in [6.45, 7) is 1.66. The maximum Gasteiger partial charge on any atom is 0.430 e. The van der Waals surface area contributed by atoms with Crippen molar-refractivity contribution in [2.24, 2.45) is 5.73 Å². The molecule has 0 saturated heterocycles. The molecule has 6 nitrogen and oxygen atoms in total. The average Bonchev–Trinajstić information content (AvgIpc) is 3.59. The van der Waals surface area contributed by atoms with Crippen LogP contribution in [-0.4, -0.2) is 27.2 Å². The van der Waals surface area contributed by atoms with E-state index in [4.69, 9.17) is 11.5 Å². The predicted molar refractivity (Wildman–Crippen MR) is 113 cm³/mol. The maximum absolute atomic E-state index is 13.5. The Hall–Kier alpha value is -3.46. The van der Waals surface area contributed by atoms with Crippen molar-refractivity contribution in [2.45, 2.75) is 37.5 Å². The molecule has 1 aromatic heterocycles. The molecule has 0 spiro atoms. The van der Waals surface area contributed by atoms with Crippen LogP contribution in [-0.2, 0) is 10.4 Å². The van der Waals surface area contributed by atoms with Crippen LogP contribution in [0.5, 0.6) is 0 Å². The summed E-state index contributed by atoms with van der Waals surface area (Å²) in [7, 11) is 0. The third-order valence-corrected chi connectivity index (χ3v) is 5.73. The van der Waals surface area contributed by atoms with Crippen molar-refractivity contribution in [3.05, 3.63) is 65.4 Å². The lowest BCUT2D eigenvalue weighted by atomic mass is 9.89. The van der Waals surface area contributed by atoms with Crippen LogP contribution in [0, 0.1) is 6.92 Å². The molecule has 32 heavy (non-hydrogen) atoms.